The van der Waals surface area contributed by atoms with Gasteiger partial charge in [0, 0.05) is 18.4 Å². The third-order valence-corrected chi connectivity index (χ3v) is 3.45. The molecule has 122 valence electrons. The van der Waals surface area contributed by atoms with Crippen molar-refractivity contribution in [3.8, 4) is 11.5 Å². The standard InChI is InChI=1S/C18H16FN3O2/c1-12-5-4-6-13(11-12)18-22-21-17(24-18)10-9-16(23)20-15-8-3-2-7-14(15)19/h2-8,11H,9-10H2,1H3,(H,20,23). The molecule has 1 amide bonds. The van der Waals surface area contributed by atoms with Gasteiger partial charge in [-0.3, -0.25) is 4.79 Å². The Morgan fingerprint density at radius 1 is 1.17 bits per heavy atom. The number of nitrogens with one attached hydrogen (secondary N) is 1. The van der Waals surface area contributed by atoms with Gasteiger partial charge in [0.2, 0.25) is 17.7 Å². The topological polar surface area (TPSA) is 68.0 Å². The lowest BCUT2D eigenvalue weighted by Gasteiger charge is -2.04. The molecule has 1 aromatic heterocycles. The monoisotopic (exact) mass is 325 g/mol. The fourth-order valence-electron chi connectivity index (χ4n) is 2.25. The predicted molar refractivity (Wildman–Crippen MR) is 87.8 cm³/mol. The molecule has 0 saturated heterocycles. The van der Waals surface area contributed by atoms with Crippen molar-refractivity contribution in [2.75, 3.05) is 5.32 Å². The lowest BCUT2D eigenvalue weighted by molar-refractivity contribution is -0.116. The van der Waals surface area contributed by atoms with E-state index in [9.17, 15) is 9.18 Å². The van der Waals surface area contributed by atoms with Crippen molar-refractivity contribution in [2.24, 2.45) is 0 Å². The summed E-state index contributed by atoms with van der Waals surface area (Å²) in [6.45, 7) is 1.98. The molecule has 2 aromatic carbocycles. The average Bonchev–Trinajstić information content (AvgIpc) is 3.04. The van der Waals surface area contributed by atoms with Crippen molar-refractivity contribution in [3.63, 3.8) is 0 Å². The van der Waals surface area contributed by atoms with E-state index in [0.717, 1.165) is 11.1 Å². The van der Waals surface area contributed by atoms with Gasteiger partial charge in [0.1, 0.15) is 5.82 Å². The number of rotatable bonds is 5. The van der Waals surface area contributed by atoms with Crippen LogP contribution in [0.2, 0.25) is 0 Å². The highest BCUT2D eigenvalue weighted by Gasteiger charge is 2.11. The first kappa shape index (κ1) is 15.9. The number of carbonyl (C=O) groups excluding carboxylic acids is 1. The molecule has 3 rings (SSSR count). The lowest BCUT2D eigenvalue weighted by Crippen LogP contribution is -2.13. The van der Waals surface area contributed by atoms with E-state index in [1.807, 2.05) is 31.2 Å². The minimum atomic E-state index is -0.467. The van der Waals surface area contributed by atoms with E-state index in [-0.39, 0.29) is 18.0 Å². The normalized spacial score (nSPS) is 10.6. The first-order valence-corrected chi connectivity index (χ1v) is 7.55. The summed E-state index contributed by atoms with van der Waals surface area (Å²) in [5, 5.41) is 10.5. The number of aryl methyl sites for hydroxylation is 2. The van der Waals surface area contributed by atoms with Crippen LogP contribution in [0.1, 0.15) is 17.9 Å². The zero-order valence-corrected chi connectivity index (χ0v) is 13.1. The van der Waals surface area contributed by atoms with Crippen molar-refractivity contribution in [1.82, 2.24) is 10.2 Å². The molecular formula is C18H16FN3O2. The molecule has 0 bridgehead atoms. The van der Waals surface area contributed by atoms with Gasteiger partial charge in [-0.05, 0) is 31.2 Å². The second-order valence-corrected chi connectivity index (χ2v) is 5.40. The molecule has 24 heavy (non-hydrogen) atoms. The molecule has 0 unspecified atom stereocenters. The van der Waals surface area contributed by atoms with Crippen LogP contribution in [0, 0.1) is 12.7 Å². The molecule has 0 aliphatic carbocycles. The quantitative estimate of drug-likeness (QED) is 0.775. The number of aromatic nitrogens is 2. The molecule has 5 nitrogen and oxygen atoms in total. The van der Waals surface area contributed by atoms with Crippen molar-refractivity contribution in [1.29, 1.82) is 0 Å². The summed E-state index contributed by atoms with van der Waals surface area (Å²) in [6, 6.07) is 13.8. The largest absolute Gasteiger partial charge is 0.421 e. The van der Waals surface area contributed by atoms with E-state index in [0.29, 0.717) is 18.2 Å². The Labute approximate surface area is 138 Å². The number of nitrogens with zero attached hydrogens (tertiary/aromatic N) is 2. The first-order valence-electron chi connectivity index (χ1n) is 7.55. The van der Waals surface area contributed by atoms with Crippen molar-refractivity contribution in [2.45, 2.75) is 19.8 Å². The van der Waals surface area contributed by atoms with Crippen LogP contribution >= 0.6 is 0 Å². The maximum absolute atomic E-state index is 13.5. The Kier molecular flexibility index (Phi) is 4.65. The molecule has 0 saturated carbocycles. The second kappa shape index (κ2) is 7.04. The zero-order valence-electron chi connectivity index (χ0n) is 13.1. The number of benzene rings is 2. The van der Waals surface area contributed by atoms with Gasteiger partial charge >= 0.3 is 0 Å². The average molecular weight is 325 g/mol. The first-order chi connectivity index (χ1) is 11.6. The van der Waals surface area contributed by atoms with E-state index in [1.165, 1.54) is 12.1 Å². The number of anilines is 1. The number of para-hydroxylation sites is 1. The molecule has 3 aromatic rings. The molecule has 0 atom stereocenters. The third-order valence-electron chi connectivity index (χ3n) is 3.45. The van der Waals surface area contributed by atoms with Crippen LogP contribution in [-0.4, -0.2) is 16.1 Å². The van der Waals surface area contributed by atoms with Gasteiger partial charge in [0.05, 0.1) is 5.69 Å². The van der Waals surface area contributed by atoms with Gasteiger partial charge in [-0.25, -0.2) is 4.39 Å². The number of amides is 1. The number of hydrogen-bond donors (Lipinski definition) is 1. The van der Waals surface area contributed by atoms with Crippen LogP contribution in [0.25, 0.3) is 11.5 Å². The Hall–Kier alpha value is -3.02. The highest BCUT2D eigenvalue weighted by molar-refractivity contribution is 5.90. The smallest absolute Gasteiger partial charge is 0.247 e. The number of carbonyl (C=O) groups is 1. The van der Waals surface area contributed by atoms with Crippen LogP contribution in [0.5, 0.6) is 0 Å². The number of hydrogen-bond acceptors (Lipinski definition) is 4. The summed E-state index contributed by atoms with van der Waals surface area (Å²) in [4.78, 5) is 11.9. The van der Waals surface area contributed by atoms with Gasteiger partial charge in [-0.1, -0.05) is 29.8 Å². The van der Waals surface area contributed by atoms with Crippen molar-refractivity contribution in [3.05, 3.63) is 65.8 Å². The summed E-state index contributed by atoms with van der Waals surface area (Å²) < 4.78 is 19.1. The minimum Gasteiger partial charge on any atom is -0.421 e. The van der Waals surface area contributed by atoms with Crippen LogP contribution in [0.4, 0.5) is 10.1 Å². The zero-order chi connectivity index (χ0) is 16.9. The van der Waals surface area contributed by atoms with Gasteiger partial charge in [0.15, 0.2) is 0 Å². The molecule has 0 aliphatic rings. The van der Waals surface area contributed by atoms with E-state index < -0.39 is 5.82 Å². The highest BCUT2D eigenvalue weighted by atomic mass is 19.1. The summed E-state index contributed by atoms with van der Waals surface area (Å²) in [7, 11) is 0. The Morgan fingerprint density at radius 3 is 2.79 bits per heavy atom. The minimum absolute atomic E-state index is 0.129. The van der Waals surface area contributed by atoms with Gasteiger partial charge in [-0.15, -0.1) is 10.2 Å². The fraction of sp³-hybridized carbons (Fsp3) is 0.167. The van der Waals surface area contributed by atoms with Crippen molar-refractivity contribution >= 4 is 11.6 Å². The SMILES string of the molecule is Cc1cccc(-c2nnc(CCC(=O)Nc3ccccc3F)o2)c1. The van der Waals surface area contributed by atoms with Crippen LogP contribution in [0.3, 0.4) is 0 Å². The van der Waals surface area contributed by atoms with Crippen LogP contribution in [0.15, 0.2) is 52.9 Å². The summed E-state index contributed by atoms with van der Waals surface area (Å²) >= 11 is 0. The Bertz CT molecular complexity index is 861. The predicted octanol–water partition coefficient (Wildman–Crippen LogP) is 3.76. The molecule has 1 N–H and O–H groups in total. The van der Waals surface area contributed by atoms with E-state index in [2.05, 4.69) is 15.5 Å². The van der Waals surface area contributed by atoms with Crippen LogP contribution in [-0.2, 0) is 11.2 Å². The highest BCUT2D eigenvalue weighted by Crippen LogP contribution is 2.19. The summed E-state index contributed by atoms with van der Waals surface area (Å²) in [5.74, 6) is 0.0131. The summed E-state index contributed by atoms with van der Waals surface area (Å²) in [5.41, 5.74) is 2.09. The molecule has 1 heterocycles. The van der Waals surface area contributed by atoms with Gasteiger partial charge in [-0.2, -0.15) is 0 Å². The molecule has 0 fully saturated rings. The molecular weight excluding hydrogens is 309 g/mol. The Morgan fingerprint density at radius 2 is 2.00 bits per heavy atom. The number of halogens is 1. The van der Waals surface area contributed by atoms with Gasteiger partial charge < -0.3 is 9.73 Å². The molecule has 0 radical (unpaired) electrons. The molecule has 0 aliphatic heterocycles. The molecule has 6 heteroatoms. The fourth-order valence-corrected chi connectivity index (χ4v) is 2.25. The van der Waals surface area contributed by atoms with Crippen LogP contribution < -0.4 is 5.32 Å². The van der Waals surface area contributed by atoms with E-state index in [1.54, 1.807) is 12.1 Å². The maximum atomic E-state index is 13.5. The summed E-state index contributed by atoms with van der Waals surface area (Å²) in [6.07, 6.45) is 0.420. The Balaban J connectivity index is 1.59. The third kappa shape index (κ3) is 3.84. The maximum Gasteiger partial charge on any atom is 0.247 e. The lowest BCUT2D eigenvalue weighted by atomic mass is 10.1. The van der Waals surface area contributed by atoms with E-state index in [4.69, 9.17) is 4.42 Å². The van der Waals surface area contributed by atoms with Gasteiger partial charge in [0.25, 0.3) is 0 Å². The van der Waals surface area contributed by atoms with E-state index >= 15 is 0 Å². The van der Waals surface area contributed by atoms with Crippen molar-refractivity contribution < 1.29 is 13.6 Å². The molecule has 0 spiro atoms. The second-order valence-electron chi connectivity index (χ2n) is 5.40.